The van der Waals surface area contributed by atoms with E-state index in [9.17, 15) is 26.7 Å². The molecule has 0 N–H and O–H groups in total. The number of amides is 1. The molecule has 0 saturated carbocycles. The van der Waals surface area contributed by atoms with Gasteiger partial charge in [0.1, 0.15) is 29.0 Å². The van der Waals surface area contributed by atoms with Crippen LogP contribution < -0.4 is 9.64 Å². The number of anilines is 1. The number of hydrogen-bond acceptors (Lipinski definition) is 8. The van der Waals surface area contributed by atoms with Crippen molar-refractivity contribution in [3.05, 3.63) is 47.6 Å². The Labute approximate surface area is 251 Å². The van der Waals surface area contributed by atoms with E-state index in [0.29, 0.717) is 52.8 Å². The minimum atomic E-state index is -4.66. The van der Waals surface area contributed by atoms with Gasteiger partial charge in [-0.3, -0.25) is 4.79 Å². The Morgan fingerprint density at radius 2 is 1.75 bits per heavy atom. The number of halogens is 5. The maximum atomic E-state index is 14.7. The molecule has 1 amide bonds. The Morgan fingerprint density at radius 1 is 1.07 bits per heavy atom. The van der Waals surface area contributed by atoms with E-state index in [0.717, 1.165) is 44.5 Å². The van der Waals surface area contributed by atoms with Crippen molar-refractivity contribution in [2.24, 2.45) is 11.8 Å². The van der Waals surface area contributed by atoms with E-state index in [-0.39, 0.29) is 31.7 Å². The predicted molar refractivity (Wildman–Crippen MR) is 150 cm³/mol. The van der Waals surface area contributed by atoms with Crippen molar-refractivity contribution in [1.29, 1.82) is 0 Å². The Morgan fingerprint density at radius 3 is 2.39 bits per heavy atom. The molecular weight excluding hydrogens is 587 g/mol. The van der Waals surface area contributed by atoms with Gasteiger partial charge in [0.15, 0.2) is 0 Å². The number of hydrogen-bond donors (Lipinski definition) is 0. The lowest BCUT2D eigenvalue weighted by Gasteiger charge is -2.32. The third-order valence-electron chi connectivity index (χ3n) is 7.99. The molecule has 1 unspecified atom stereocenters. The van der Waals surface area contributed by atoms with Crippen molar-refractivity contribution in [3.63, 3.8) is 0 Å². The van der Waals surface area contributed by atoms with Crippen LogP contribution in [-0.2, 0) is 6.42 Å². The largest absolute Gasteiger partial charge is 0.493 e. The molecule has 2 aliphatic rings. The van der Waals surface area contributed by atoms with E-state index < -0.39 is 35.3 Å². The third kappa shape index (κ3) is 7.44. The molecule has 0 spiro atoms. The summed E-state index contributed by atoms with van der Waals surface area (Å²) in [6.45, 7) is 5.71. The van der Waals surface area contributed by atoms with Gasteiger partial charge in [-0.05, 0) is 50.4 Å². The zero-order valence-corrected chi connectivity index (χ0v) is 24.6. The van der Waals surface area contributed by atoms with E-state index >= 15 is 0 Å². The van der Waals surface area contributed by atoms with Crippen LogP contribution in [-0.4, -0.2) is 69.4 Å². The van der Waals surface area contributed by atoms with Gasteiger partial charge in [-0.15, -0.1) is 0 Å². The first-order valence-corrected chi connectivity index (χ1v) is 14.9. The lowest BCUT2D eigenvalue weighted by Crippen LogP contribution is -2.45. The molecule has 14 heteroatoms. The summed E-state index contributed by atoms with van der Waals surface area (Å²) in [6, 6.07) is -0.347. The number of carbonyl (C=O) groups is 1. The highest BCUT2D eigenvalue weighted by Gasteiger charge is 2.48. The number of piperidine rings is 1. The van der Waals surface area contributed by atoms with E-state index in [1.54, 1.807) is 12.4 Å². The summed E-state index contributed by atoms with van der Waals surface area (Å²) < 4.78 is 79.9. The molecule has 2 aromatic heterocycles. The maximum absolute atomic E-state index is 14.7. The first-order chi connectivity index (χ1) is 21.0. The van der Waals surface area contributed by atoms with Crippen LogP contribution in [0.25, 0.3) is 11.4 Å². The molecule has 2 aliphatic heterocycles. The fourth-order valence-corrected chi connectivity index (χ4v) is 5.72. The van der Waals surface area contributed by atoms with Gasteiger partial charge in [-0.1, -0.05) is 19.0 Å². The second-order valence-corrected chi connectivity index (χ2v) is 11.8. The number of carbonyl (C=O) groups excluding carboxylic acids is 1. The van der Waals surface area contributed by atoms with Crippen LogP contribution in [0.3, 0.4) is 0 Å². The maximum Gasteiger partial charge on any atom is 0.408 e. The van der Waals surface area contributed by atoms with Gasteiger partial charge >= 0.3 is 6.18 Å². The Hall–Kier alpha value is -3.84. The van der Waals surface area contributed by atoms with Crippen molar-refractivity contribution in [1.82, 2.24) is 25.0 Å². The normalized spacial score (nSPS) is 18.0. The van der Waals surface area contributed by atoms with E-state index in [1.165, 1.54) is 0 Å². The van der Waals surface area contributed by atoms with Crippen LogP contribution in [0, 0.1) is 23.5 Å². The van der Waals surface area contributed by atoms with E-state index in [4.69, 9.17) is 9.26 Å². The molecule has 1 aromatic carbocycles. The molecule has 0 bridgehead atoms. The summed E-state index contributed by atoms with van der Waals surface area (Å²) in [5.41, 5.74) is -0.311. The lowest BCUT2D eigenvalue weighted by atomic mass is 9.92. The van der Waals surface area contributed by atoms with Crippen LogP contribution in [0.2, 0.25) is 0 Å². The molecule has 2 fully saturated rings. The number of alkyl halides is 3. The first kappa shape index (κ1) is 31.6. The molecule has 0 aliphatic carbocycles. The lowest BCUT2D eigenvalue weighted by molar-refractivity contribution is -0.169. The predicted octanol–water partition coefficient (Wildman–Crippen LogP) is 6.25. The molecule has 2 saturated heterocycles. The van der Waals surface area contributed by atoms with Gasteiger partial charge in [0, 0.05) is 50.6 Å². The highest BCUT2D eigenvalue weighted by molar-refractivity contribution is 5.95. The fourth-order valence-electron chi connectivity index (χ4n) is 5.72. The van der Waals surface area contributed by atoms with E-state index in [1.807, 2.05) is 0 Å². The standard InChI is InChI=1S/C30H35F5N6O3/c1-18(2)13-25-38-27(39-44-25)20-16-36-29(37-17-20)40-10-7-19(8-11-40)5-4-12-43-21-14-22(31)26(23(32)15-21)28(42)41-9-3-6-24(41)30(33,34)35/h14-19,24H,3-13H2,1-2H3. The van der Waals surface area contributed by atoms with Crippen LogP contribution >= 0.6 is 0 Å². The summed E-state index contributed by atoms with van der Waals surface area (Å²) >= 11 is 0. The van der Waals surface area contributed by atoms with Gasteiger partial charge < -0.3 is 19.1 Å². The zero-order chi connectivity index (χ0) is 31.4. The van der Waals surface area contributed by atoms with Crippen LogP contribution in [0.4, 0.5) is 27.9 Å². The molecule has 0 radical (unpaired) electrons. The van der Waals surface area contributed by atoms with Gasteiger partial charge in [0.2, 0.25) is 17.7 Å². The Bertz CT molecular complexity index is 1400. The number of aromatic nitrogens is 4. The summed E-state index contributed by atoms with van der Waals surface area (Å²) in [4.78, 5) is 28.6. The number of likely N-dealkylation sites (tertiary alicyclic amines) is 1. The van der Waals surface area contributed by atoms with Gasteiger partial charge in [0.05, 0.1) is 12.2 Å². The van der Waals surface area contributed by atoms with Crippen LogP contribution in [0.5, 0.6) is 5.75 Å². The molecule has 44 heavy (non-hydrogen) atoms. The highest BCUT2D eigenvalue weighted by Crippen LogP contribution is 2.35. The van der Waals surface area contributed by atoms with Crippen molar-refractivity contribution in [3.8, 4) is 17.1 Å². The molecule has 9 nitrogen and oxygen atoms in total. The van der Waals surface area contributed by atoms with Crippen molar-refractivity contribution < 1.29 is 36.0 Å². The highest BCUT2D eigenvalue weighted by atomic mass is 19.4. The molecule has 5 rings (SSSR count). The van der Waals surface area contributed by atoms with Gasteiger partial charge in [-0.25, -0.2) is 18.7 Å². The first-order valence-electron chi connectivity index (χ1n) is 14.9. The van der Waals surface area contributed by atoms with Crippen LogP contribution in [0.1, 0.15) is 68.6 Å². The molecule has 1 atom stereocenters. The third-order valence-corrected chi connectivity index (χ3v) is 7.99. The van der Waals surface area contributed by atoms with Crippen molar-refractivity contribution in [2.45, 2.75) is 71.0 Å². The molecular formula is C30H35F5N6O3. The number of rotatable bonds is 10. The van der Waals surface area contributed by atoms with Gasteiger partial charge in [0.25, 0.3) is 5.91 Å². The van der Waals surface area contributed by atoms with Gasteiger partial charge in [-0.2, -0.15) is 18.2 Å². The molecule has 238 valence electrons. The van der Waals surface area contributed by atoms with E-state index in [2.05, 4.69) is 38.9 Å². The minimum absolute atomic E-state index is 0.113. The summed E-state index contributed by atoms with van der Waals surface area (Å²) in [7, 11) is 0. The SMILES string of the molecule is CC(C)Cc1nc(-c2cnc(N3CCC(CCCOc4cc(F)c(C(=O)N5CCCC5C(F)(F)F)c(F)c4)CC3)nc2)no1. The Kier molecular flexibility index (Phi) is 9.64. The smallest absolute Gasteiger partial charge is 0.408 e. The number of benzene rings is 1. The topological polar surface area (TPSA) is 97.5 Å². The zero-order valence-electron chi connectivity index (χ0n) is 24.6. The molecule has 3 aromatic rings. The summed E-state index contributed by atoms with van der Waals surface area (Å²) in [5, 5.41) is 4.01. The van der Waals surface area contributed by atoms with Crippen LogP contribution in [0.15, 0.2) is 29.0 Å². The van der Waals surface area contributed by atoms with Crippen molar-refractivity contribution >= 4 is 11.9 Å². The quantitative estimate of drug-likeness (QED) is 0.194. The second-order valence-electron chi connectivity index (χ2n) is 11.8. The van der Waals surface area contributed by atoms with Crippen molar-refractivity contribution in [2.75, 3.05) is 31.1 Å². The summed E-state index contributed by atoms with van der Waals surface area (Å²) in [5.74, 6) is -1.39. The number of nitrogens with zero attached hydrogens (tertiary/aromatic N) is 6. The summed E-state index contributed by atoms with van der Waals surface area (Å²) in [6.07, 6.45) is 2.58. The second kappa shape index (κ2) is 13.4. The Balaban J connectivity index is 1.06. The molecule has 4 heterocycles. The average Bonchev–Trinajstić information content (AvgIpc) is 3.66. The monoisotopic (exact) mass is 622 g/mol. The average molecular weight is 623 g/mol. The fraction of sp³-hybridized carbons (Fsp3) is 0.567. The minimum Gasteiger partial charge on any atom is -0.493 e. The number of ether oxygens (including phenoxy) is 1.